The second-order valence-corrected chi connectivity index (χ2v) is 5.78. The van der Waals surface area contributed by atoms with Crippen molar-refractivity contribution in [2.75, 3.05) is 26.0 Å². The van der Waals surface area contributed by atoms with Crippen molar-refractivity contribution in [2.45, 2.75) is 12.9 Å². The maximum absolute atomic E-state index is 12.1. The molecule has 1 unspecified atom stereocenters. The lowest BCUT2D eigenvalue weighted by Gasteiger charge is -2.15. The van der Waals surface area contributed by atoms with Crippen molar-refractivity contribution < 1.29 is 32.3 Å². The maximum Gasteiger partial charge on any atom is 0.573 e. The van der Waals surface area contributed by atoms with Gasteiger partial charge in [-0.15, -0.1) is 13.2 Å². The summed E-state index contributed by atoms with van der Waals surface area (Å²) in [5.41, 5.74) is 1.43. The molecule has 2 N–H and O–H groups in total. The summed E-state index contributed by atoms with van der Waals surface area (Å²) >= 11 is 0. The Bertz CT molecular complexity index is 733. The lowest BCUT2D eigenvalue weighted by Crippen LogP contribution is -3.08. The van der Waals surface area contributed by atoms with Gasteiger partial charge in [0.05, 0.1) is 14.2 Å². The van der Waals surface area contributed by atoms with E-state index in [1.165, 1.54) is 12.1 Å². The smallest absolute Gasteiger partial charge is 0.497 e. The highest BCUT2D eigenvalue weighted by Crippen LogP contribution is 2.23. The Kier molecular flexibility index (Phi) is 6.46. The van der Waals surface area contributed by atoms with Crippen molar-refractivity contribution in [2.24, 2.45) is 0 Å². The van der Waals surface area contributed by atoms with Gasteiger partial charge in [0.25, 0.3) is 5.91 Å². The van der Waals surface area contributed by atoms with Crippen LogP contribution in [0.3, 0.4) is 0 Å². The van der Waals surface area contributed by atoms with Crippen LogP contribution in [0.5, 0.6) is 11.5 Å². The van der Waals surface area contributed by atoms with Gasteiger partial charge in [0.15, 0.2) is 6.54 Å². The van der Waals surface area contributed by atoms with Crippen LogP contribution in [0.4, 0.5) is 18.9 Å². The lowest BCUT2D eigenvalue weighted by atomic mass is 10.2. The highest BCUT2D eigenvalue weighted by Gasteiger charge is 2.30. The predicted octanol–water partition coefficient (Wildman–Crippen LogP) is 2.25. The van der Waals surface area contributed by atoms with Crippen molar-refractivity contribution in [3.8, 4) is 11.5 Å². The second-order valence-electron chi connectivity index (χ2n) is 5.78. The molecular formula is C18H20F3N2O3+. The van der Waals surface area contributed by atoms with Crippen LogP contribution in [0.2, 0.25) is 0 Å². The molecule has 0 aliphatic carbocycles. The first-order chi connectivity index (χ1) is 12.2. The highest BCUT2D eigenvalue weighted by molar-refractivity contribution is 5.91. The summed E-state index contributed by atoms with van der Waals surface area (Å²) in [5, 5.41) is 2.65. The first-order valence-corrected chi connectivity index (χ1v) is 7.85. The van der Waals surface area contributed by atoms with Crippen LogP contribution in [-0.2, 0) is 11.3 Å². The number of ether oxygens (including phenoxy) is 2. The fourth-order valence-corrected chi connectivity index (χ4v) is 2.41. The summed E-state index contributed by atoms with van der Waals surface area (Å²) in [5.74, 6) is 0.173. The zero-order valence-electron chi connectivity index (χ0n) is 14.4. The van der Waals surface area contributed by atoms with Gasteiger partial charge in [0.1, 0.15) is 18.0 Å². The van der Waals surface area contributed by atoms with Gasteiger partial charge in [-0.25, -0.2) is 0 Å². The first kappa shape index (κ1) is 19.6. The van der Waals surface area contributed by atoms with Crippen molar-refractivity contribution in [1.82, 2.24) is 0 Å². The SMILES string of the molecule is COc1cccc(C[NH+](C)CC(=O)Nc2ccc(OC(F)(F)F)cc2)c1. The molecule has 0 aliphatic rings. The normalized spacial score (nSPS) is 12.3. The van der Waals surface area contributed by atoms with Gasteiger partial charge < -0.3 is 19.7 Å². The summed E-state index contributed by atoms with van der Waals surface area (Å²) in [7, 11) is 3.47. The third kappa shape index (κ3) is 6.64. The largest absolute Gasteiger partial charge is 0.573 e. The average Bonchev–Trinajstić information content (AvgIpc) is 2.55. The molecule has 0 bridgehead atoms. The van der Waals surface area contributed by atoms with E-state index in [1.54, 1.807) is 7.11 Å². The molecule has 2 rings (SSSR count). The van der Waals surface area contributed by atoms with Crippen LogP contribution in [0.25, 0.3) is 0 Å². The number of halogens is 3. The molecule has 0 radical (unpaired) electrons. The number of hydrogen-bond acceptors (Lipinski definition) is 3. The zero-order valence-corrected chi connectivity index (χ0v) is 14.4. The van der Waals surface area contributed by atoms with Gasteiger partial charge in [-0.2, -0.15) is 0 Å². The van der Waals surface area contributed by atoms with Crippen molar-refractivity contribution in [3.05, 3.63) is 54.1 Å². The lowest BCUT2D eigenvalue weighted by molar-refractivity contribution is -0.885. The molecule has 0 fully saturated rings. The van der Waals surface area contributed by atoms with E-state index >= 15 is 0 Å². The van der Waals surface area contributed by atoms with Crippen LogP contribution in [0, 0.1) is 0 Å². The topological polar surface area (TPSA) is 52.0 Å². The van der Waals surface area contributed by atoms with Crippen molar-refractivity contribution >= 4 is 11.6 Å². The summed E-state index contributed by atoms with van der Waals surface area (Å²) in [4.78, 5) is 13.0. The number of amides is 1. The molecule has 0 saturated heterocycles. The molecule has 140 valence electrons. The molecule has 1 atom stereocenters. The molecule has 0 aromatic heterocycles. The summed E-state index contributed by atoms with van der Waals surface area (Å²) in [6.45, 7) is 0.834. The second kappa shape index (κ2) is 8.57. The van der Waals surface area contributed by atoms with Crippen LogP contribution in [-0.4, -0.2) is 33.0 Å². The molecule has 26 heavy (non-hydrogen) atoms. The third-order valence-electron chi connectivity index (χ3n) is 3.47. The Hall–Kier alpha value is -2.74. The molecule has 2 aromatic carbocycles. The van der Waals surface area contributed by atoms with E-state index in [1.807, 2.05) is 31.3 Å². The van der Waals surface area contributed by atoms with Crippen LogP contribution in [0.15, 0.2) is 48.5 Å². The van der Waals surface area contributed by atoms with Crippen LogP contribution in [0.1, 0.15) is 5.56 Å². The molecule has 0 saturated carbocycles. The average molecular weight is 369 g/mol. The maximum atomic E-state index is 12.1. The number of quaternary nitrogens is 1. The molecule has 0 spiro atoms. The van der Waals surface area contributed by atoms with E-state index < -0.39 is 6.36 Å². The number of nitrogens with one attached hydrogen (secondary N) is 2. The Labute approximate surface area is 149 Å². The van der Waals surface area contributed by atoms with Gasteiger partial charge in [0.2, 0.25) is 0 Å². The molecule has 1 amide bonds. The molecule has 2 aromatic rings. The monoisotopic (exact) mass is 369 g/mol. The molecule has 8 heteroatoms. The number of carbonyl (C=O) groups excluding carboxylic acids is 1. The quantitative estimate of drug-likeness (QED) is 0.787. The van der Waals surface area contributed by atoms with Gasteiger partial charge >= 0.3 is 6.36 Å². The minimum atomic E-state index is -4.74. The fraction of sp³-hybridized carbons (Fsp3) is 0.278. The summed E-state index contributed by atoms with van der Waals surface area (Å²) in [6, 6.07) is 12.6. The summed E-state index contributed by atoms with van der Waals surface area (Å²) < 4.78 is 45.3. The standard InChI is InChI=1S/C18H19F3N2O3/c1-23(11-13-4-3-5-16(10-13)25-2)12-17(24)22-14-6-8-15(9-7-14)26-18(19,20)21/h3-10H,11-12H2,1-2H3,(H,22,24)/p+1. The Morgan fingerprint density at radius 1 is 1.12 bits per heavy atom. The van der Waals surface area contributed by atoms with Gasteiger partial charge in [0, 0.05) is 11.3 Å². The molecule has 5 nitrogen and oxygen atoms in total. The number of likely N-dealkylation sites (N-methyl/N-ethyl adjacent to an activating group) is 1. The first-order valence-electron chi connectivity index (χ1n) is 7.85. The van der Waals surface area contributed by atoms with Gasteiger partial charge in [-0.1, -0.05) is 12.1 Å². The Morgan fingerprint density at radius 3 is 2.42 bits per heavy atom. The number of alkyl halides is 3. The number of hydrogen-bond donors (Lipinski definition) is 2. The number of carbonyl (C=O) groups is 1. The van der Waals surface area contributed by atoms with Crippen molar-refractivity contribution in [1.29, 1.82) is 0 Å². The van der Waals surface area contributed by atoms with E-state index in [0.717, 1.165) is 28.3 Å². The summed E-state index contributed by atoms with van der Waals surface area (Å²) in [6.07, 6.45) is -4.74. The van der Waals surface area contributed by atoms with E-state index in [-0.39, 0.29) is 18.2 Å². The van der Waals surface area contributed by atoms with Crippen LogP contribution < -0.4 is 19.7 Å². The highest BCUT2D eigenvalue weighted by atomic mass is 19.4. The van der Waals surface area contributed by atoms with Gasteiger partial charge in [-0.3, -0.25) is 4.79 Å². The van der Waals surface area contributed by atoms with E-state index in [9.17, 15) is 18.0 Å². The zero-order chi connectivity index (χ0) is 19.2. The predicted molar refractivity (Wildman–Crippen MR) is 90.2 cm³/mol. The van der Waals surface area contributed by atoms with E-state index in [0.29, 0.717) is 12.2 Å². The Balaban J connectivity index is 1.85. The minimum absolute atomic E-state index is 0.206. The third-order valence-corrected chi connectivity index (χ3v) is 3.47. The number of rotatable bonds is 7. The van der Waals surface area contributed by atoms with Gasteiger partial charge in [-0.05, 0) is 36.4 Å². The minimum Gasteiger partial charge on any atom is -0.497 e. The number of anilines is 1. The molecule has 0 aliphatic heterocycles. The van der Waals surface area contributed by atoms with Crippen LogP contribution >= 0.6 is 0 Å². The van der Waals surface area contributed by atoms with E-state index in [2.05, 4.69) is 10.1 Å². The van der Waals surface area contributed by atoms with E-state index in [4.69, 9.17) is 4.74 Å². The number of methoxy groups -OCH3 is 1. The van der Waals surface area contributed by atoms with Crippen molar-refractivity contribution in [3.63, 3.8) is 0 Å². The number of benzene rings is 2. The molecular weight excluding hydrogens is 349 g/mol. The Morgan fingerprint density at radius 2 is 1.81 bits per heavy atom. The fourth-order valence-electron chi connectivity index (χ4n) is 2.41. The molecule has 0 heterocycles.